The summed E-state index contributed by atoms with van der Waals surface area (Å²) in [6.45, 7) is 4.51. The van der Waals surface area contributed by atoms with Gasteiger partial charge in [0.05, 0.1) is 14.2 Å². The van der Waals surface area contributed by atoms with Gasteiger partial charge in [0.15, 0.2) is 4.80 Å². The van der Waals surface area contributed by atoms with Crippen molar-refractivity contribution in [3.8, 4) is 11.5 Å². The number of benzene rings is 1. The second-order valence-electron chi connectivity index (χ2n) is 7.09. The van der Waals surface area contributed by atoms with Crippen molar-refractivity contribution in [2.45, 2.75) is 29.6 Å². The SMILES string of the molecule is C=CCn1c(=NC(=O)[C@@H]2CCCN2S(=O)(=O)c2cccs2)sc2c(OC)ccc(OC)c21. The highest BCUT2D eigenvalue weighted by atomic mass is 32.2. The number of methoxy groups -OCH3 is 2. The van der Waals surface area contributed by atoms with Crippen LogP contribution in [0, 0.1) is 0 Å². The van der Waals surface area contributed by atoms with Gasteiger partial charge >= 0.3 is 0 Å². The van der Waals surface area contributed by atoms with Crippen LogP contribution in [0.25, 0.3) is 10.2 Å². The zero-order chi connectivity index (χ0) is 22.9. The van der Waals surface area contributed by atoms with Crippen molar-refractivity contribution >= 4 is 48.8 Å². The van der Waals surface area contributed by atoms with Gasteiger partial charge in [0, 0.05) is 13.1 Å². The third-order valence-electron chi connectivity index (χ3n) is 5.26. The van der Waals surface area contributed by atoms with Crippen molar-refractivity contribution in [2.75, 3.05) is 20.8 Å². The molecule has 0 N–H and O–H groups in total. The van der Waals surface area contributed by atoms with E-state index in [4.69, 9.17) is 9.47 Å². The van der Waals surface area contributed by atoms with Gasteiger partial charge in [-0.3, -0.25) is 4.79 Å². The molecule has 2 aromatic heterocycles. The zero-order valence-corrected chi connectivity index (χ0v) is 20.1. The Hall–Kier alpha value is -2.47. The van der Waals surface area contributed by atoms with Crippen LogP contribution in [-0.2, 0) is 21.4 Å². The van der Waals surface area contributed by atoms with E-state index in [0.29, 0.717) is 42.2 Å². The average Bonchev–Trinajstić information content (AvgIpc) is 3.54. The fourth-order valence-corrected chi connectivity index (χ4v) is 7.73. The molecule has 8 nitrogen and oxygen atoms in total. The number of sulfonamides is 1. The Bertz CT molecular complexity index is 1320. The van der Waals surface area contributed by atoms with Crippen LogP contribution in [0.5, 0.6) is 11.5 Å². The summed E-state index contributed by atoms with van der Waals surface area (Å²) in [5.41, 5.74) is 0.748. The topological polar surface area (TPSA) is 90.2 Å². The molecule has 4 rings (SSSR count). The first-order chi connectivity index (χ1) is 15.4. The Morgan fingerprint density at radius 2 is 2.03 bits per heavy atom. The number of hydrogen-bond acceptors (Lipinski definition) is 7. The molecule has 32 heavy (non-hydrogen) atoms. The molecular weight excluding hydrogens is 470 g/mol. The van der Waals surface area contributed by atoms with Gasteiger partial charge in [-0.25, -0.2) is 8.42 Å². The number of allylic oxidation sites excluding steroid dienone is 1. The maximum Gasteiger partial charge on any atom is 0.266 e. The Morgan fingerprint density at radius 3 is 2.69 bits per heavy atom. The smallest absolute Gasteiger partial charge is 0.266 e. The summed E-state index contributed by atoms with van der Waals surface area (Å²) in [5, 5.41) is 1.71. The molecule has 1 aliphatic rings. The highest BCUT2D eigenvalue weighted by Crippen LogP contribution is 2.35. The van der Waals surface area contributed by atoms with E-state index in [-0.39, 0.29) is 4.21 Å². The normalized spacial score (nSPS) is 17.7. The molecule has 0 bridgehead atoms. The molecule has 3 heterocycles. The lowest BCUT2D eigenvalue weighted by molar-refractivity contribution is -0.121. The monoisotopic (exact) mass is 493 g/mol. The Balaban J connectivity index is 1.81. The molecular formula is C21H23N3O5S3. The van der Waals surface area contributed by atoms with Crippen LogP contribution in [-0.4, -0.2) is 50.0 Å². The van der Waals surface area contributed by atoms with Crippen LogP contribution in [0.15, 0.2) is 51.5 Å². The second-order valence-corrected chi connectivity index (χ2v) is 11.1. The highest BCUT2D eigenvalue weighted by molar-refractivity contribution is 7.91. The Morgan fingerprint density at radius 1 is 1.28 bits per heavy atom. The number of fused-ring (bicyclic) bond motifs is 1. The van der Waals surface area contributed by atoms with E-state index in [1.807, 2.05) is 4.57 Å². The molecule has 1 amide bonds. The molecule has 0 aliphatic carbocycles. The molecule has 1 aromatic carbocycles. The van der Waals surface area contributed by atoms with E-state index < -0.39 is 22.0 Å². The van der Waals surface area contributed by atoms with Crippen LogP contribution in [0.2, 0.25) is 0 Å². The number of ether oxygens (including phenoxy) is 2. The minimum absolute atomic E-state index is 0.232. The van der Waals surface area contributed by atoms with Crippen molar-refractivity contribution in [1.82, 2.24) is 8.87 Å². The summed E-state index contributed by atoms with van der Waals surface area (Å²) in [5.74, 6) is 0.778. The van der Waals surface area contributed by atoms with E-state index in [1.165, 1.54) is 15.6 Å². The zero-order valence-electron chi connectivity index (χ0n) is 17.7. The lowest BCUT2D eigenvalue weighted by Crippen LogP contribution is -2.40. The third-order valence-corrected chi connectivity index (χ3v) is 9.63. The highest BCUT2D eigenvalue weighted by Gasteiger charge is 2.40. The number of carbonyl (C=O) groups excluding carboxylic acids is 1. The van der Waals surface area contributed by atoms with Crippen LogP contribution >= 0.6 is 22.7 Å². The van der Waals surface area contributed by atoms with E-state index in [2.05, 4.69) is 11.6 Å². The van der Waals surface area contributed by atoms with Crippen LogP contribution in [0.1, 0.15) is 12.8 Å². The van der Waals surface area contributed by atoms with Crippen LogP contribution in [0.3, 0.4) is 0 Å². The van der Waals surface area contributed by atoms with Gasteiger partial charge in [-0.15, -0.1) is 17.9 Å². The average molecular weight is 494 g/mol. The first-order valence-corrected chi connectivity index (χ1v) is 13.0. The number of hydrogen-bond donors (Lipinski definition) is 0. The fourth-order valence-electron chi connectivity index (χ4n) is 3.81. The summed E-state index contributed by atoms with van der Waals surface area (Å²) in [7, 11) is -0.586. The maximum atomic E-state index is 13.2. The summed E-state index contributed by atoms with van der Waals surface area (Å²) in [4.78, 5) is 18.0. The number of rotatable bonds is 7. The molecule has 1 aliphatic heterocycles. The van der Waals surface area contributed by atoms with Crippen molar-refractivity contribution in [2.24, 2.45) is 4.99 Å². The van der Waals surface area contributed by atoms with Crippen molar-refractivity contribution in [3.63, 3.8) is 0 Å². The lowest BCUT2D eigenvalue weighted by Gasteiger charge is -2.20. The molecule has 0 radical (unpaired) electrons. The van der Waals surface area contributed by atoms with Crippen molar-refractivity contribution < 1.29 is 22.7 Å². The summed E-state index contributed by atoms with van der Waals surface area (Å²) < 4.78 is 41.2. The summed E-state index contributed by atoms with van der Waals surface area (Å²) in [6.07, 6.45) is 2.75. The Kier molecular flexibility index (Phi) is 6.52. The van der Waals surface area contributed by atoms with Gasteiger partial charge in [0.25, 0.3) is 15.9 Å². The molecule has 3 aromatic rings. The fraction of sp³-hybridized carbons (Fsp3) is 0.333. The first kappa shape index (κ1) is 22.7. The molecule has 1 fully saturated rings. The van der Waals surface area contributed by atoms with Gasteiger partial charge in [0.2, 0.25) is 0 Å². The quantitative estimate of drug-likeness (QED) is 0.472. The minimum Gasteiger partial charge on any atom is -0.495 e. The van der Waals surface area contributed by atoms with Gasteiger partial charge in [-0.1, -0.05) is 23.5 Å². The molecule has 1 atom stereocenters. The first-order valence-electron chi connectivity index (χ1n) is 9.91. The molecule has 170 valence electrons. The molecule has 1 saturated heterocycles. The van der Waals surface area contributed by atoms with E-state index >= 15 is 0 Å². The van der Waals surface area contributed by atoms with E-state index in [9.17, 15) is 13.2 Å². The molecule has 0 spiro atoms. The number of aromatic nitrogens is 1. The number of amides is 1. The Labute approximate surface area is 194 Å². The lowest BCUT2D eigenvalue weighted by atomic mass is 10.2. The van der Waals surface area contributed by atoms with Crippen molar-refractivity contribution in [1.29, 1.82) is 0 Å². The molecule has 0 saturated carbocycles. The predicted molar refractivity (Wildman–Crippen MR) is 125 cm³/mol. The number of carbonyl (C=O) groups is 1. The summed E-state index contributed by atoms with van der Waals surface area (Å²) in [6, 6.07) is 6.01. The minimum atomic E-state index is -3.74. The van der Waals surface area contributed by atoms with Crippen molar-refractivity contribution in [3.05, 3.63) is 47.1 Å². The van der Waals surface area contributed by atoms with Crippen LogP contribution in [0.4, 0.5) is 0 Å². The predicted octanol–water partition coefficient (Wildman–Crippen LogP) is 3.25. The van der Waals surface area contributed by atoms with Gasteiger partial charge in [-0.05, 0) is 36.4 Å². The van der Waals surface area contributed by atoms with Crippen LogP contribution < -0.4 is 14.3 Å². The van der Waals surface area contributed by atoms with Gasteiger partial charge in [0.1, 0.15) is 32.0 Å². The molecule has 11 heteroatoms. The van der Waals surface area contributed by atoms with Gasteiger partial charge < -0.3 is 14.0 Å². The third kappa shape index (κ3) is 3.90. The standard InChI is InChI=1S/C21H23N3O5S3/c1-4-11-23-18-15(28-2)9-10-16(29-3)19(18)31-21(23)22-20(25)14-7-5-12-24(14)32(26,27)17-8-6-13-30-17/h4,6,8-10,13-14H,1,5,7,11-12H2,2-3H3/t14-/m0/s1. The summed E-state index contributed by atoms with van der Waals surface area (Å²) >= 11 is 2.44. The maximum absolute atomic E-state index is 13.2. The molecule has 0 unspecified atom stereocenters. The van der Waals surface area contributed by atoms with Gasteiger partial charge in [-0.2, -0.15) is 9.30 Å². The van der Waals surface area contributed by atoms with E-state index in [1.54, 1.807) is 49.9 Å². The number of thiophene rings is 1. The number of thiazole rings is 1. The van der Waals surface area contributed by atoms with E-state index in [0.717, 1.165) is 21.6 Å². The second kappa shape index (κ2) is 9.18. The largest absolute Gasteiger partial charge is 0.495 e. The number of nitrogens with zero attached hydrogens (tertiary/aromatic N) is 3.